The predicted molar refractivity (Wildman–Crippen MR) is 131 cm³/mol. The Balaban J connectivity index is 1.61. The van der Waals surface area contributed by atoms with E-state index in [-0.39, 0.29) is 17.2 Å². The molecule has 2 N–H and O–H groups in total. The van der Waals surface area contributed by atoms with Gasteiger partial charge in [0.1, 0.15) is 0 Å². The maximum absolute atomic E-state index is 13.4. The van der Waals surface area contributed by atoms with Gasteiger partial charge in [-0.15, -0.1) is 0 Å². The lowest BCUT2D eigenvalue weighted by Gasteiger charge is -2.36. The Morgan fingerprint density at radius 3 is 2.56 bits per heavy atom. The summed E-state index contributed by atoms with van der Waals surface area (Å²) < 4.78 is 47.2. The number of aromatic nitrogens is 1. The molecule has 1 amide bonds. The normalized spacial score (nSPS) is 18.5. The second-order valence-corrected chi connectivity index (χ2v) is 9.87. The first kappa shape index (κ1) is 26.2. The number of hydrogen-bond donors (Lipinski definition) is 2. The number of hydrogen-bond acceptors (Lipinski definition) is 5. The highest BCUT2D eigenvalue weighted by atomic mass is 19.4. The first-order valence-electron chi connectivity index (χ1n) is 12.3. The fraction of sp³-hybridized carbons (Fsp3) is 0.538. The molecule has 0 radical (unpaired) electrons. The van der Waals surface area contributed by atoms with Gasteiger partial charge in [0, 0.05) is 57.1 Å². The van der Waals surface area contributed by atoms with Crippen LogP contribution in [-0.2, 0) is 10.9 Å². The predicted octanol–water partition coefficient (Wildman–Crippen LogP) is 3.99. The maximum Gasteiger partial charge on any atom is 0.416 e. The van der Waals surface area contributed by atoms with E-state index in [1.54, 1.807) is 23.8 Å². The lowest BCUT2D eigenvalue weighted by Crippen LogP contribution is -2.47. The van der Waals surface area contributed by atoms with E-state index < -0.39 is 23.7 Å². The molecular weight excluding hydrogens is 473 g/mol. The first-order valence-corrected chi connectivity index (χ1v) is 12.3. The third kappa shape index (κ3) is 5.75. The van der Waals surface area contributed by atoms with E-state index in [1.165, 1.54) is 19.1 Å². The number of benzene rings is 1. The largest absolute Gasteiger partial charge is 0.416 e. The monoisotopic (exact) mass is 506 g/mol. The number of nitrogens with zero attached hydrogens (tertiary/aromatic N) is 2. The number of amides is 1. The van der Waals surface area contributed by atoms with Crippen LogP contribution in [0.2, 0.25) is 0 Å². The zero-order chi connectivity index (χ0) is 26.0. The van der Waals surface area contributed by atoms with Crippen molar-refractivity contribution < 1.29 is 22.7 Å². The van der Waals surface area contributed by atoms with Crippen LogP contribution in [0, 0.1) is 12.8 Å². The Kier molecular flexibility index (Phi) is 7.75. The molecule has 2 aliphatic heterocycles. The van der Waals surface area contributed by atoms with Gasteiger partial charge in [0.05, 0.1) is 22.9 Å². The summed E-state index contributed by atoms with van der Waals surface area (Å²) in [4.78, 5) is 28.6. The maximum atomic E-state index is 13.4. The van der Waals surface area contributed by atoms with Crippen LogP contribution < -0.4 is 16.2 Å². The molecule has 36 heavy (non-hydrogen) atoms. The van der Waals surface area contributed by atoms with Gasteiger partial charge >= 0.3 is 6.18 Å². The number of halogens is 3. The van der Waals surface area contributed by atoms with Crippen LogP contribution >= 0.6 is 0 Å². The second-order valence-electron chi connectivity index (χ2n) is 9.87. The van der Waals surface area contributed by atoms with Gasteiger partial charge in [-0.3, -0.25) is 9.59 Å². The smallest absolute Gasteiger partial charge is 0.384 e. The van der Waals surface area contributed by atoms with Crippen LogP contribution in [0.15, 0.2) is 35.3 Å². The van der Waals surface area contributed by atoms with E-state index in [9.17, 15) is 22.8 Å². The summed E-state index contributed by atoms with van der Waals surface area (Å²) in [5.41, 5.74) is 0.282. The molecule has 7 nitrogen and oxygen atoms in total. The number of ether oxygens (including phenoxy) is 1. The molecule has 2 aliphatic rings. The Bertz CT molecular complexity index is 1150. The Labute approximate surface area is 208 Å². The highest BCUT2D eigenvalue weighted by Crippen LogP contribution is 2.34. The summed E-state index contributed by atoms with van der Waals surface area (Å²) in [6, 6.07) is 4.68. The van der Waals surface area contributed by atoms with Crippen molar-refractivity contribution in [3.8, 4) is 0 Å². The van der Waals surface area contributed by atoms with Gasteiger partial charge in [-0.05, 0) is 50.9 Å². The van der Waals surface area contributed by atoms with E-state index in [2.05, 4.69) is 15.5 Å². The summed E-state index contributed by atoms with van der Waals surface area (Å²) in [5.74, 6) is -0.0381. The summed E-state index contributed by atoms with van der Waals surface area (Å²) in [5, 5.41) is 6.12. The van der Waals surface area contributed by atoms with Crippen molar-refractivity contribution in [2.45, 2.75) is 44.9 Å². The van der Waals surface area contributed by atoms with Crippen LogP contribution in [0.5, 0.6) is 0 Å². The Morgan fingerprint density at radius 1 is 1.22 bits per heavy atom. The summed E-state index contributed by atoms with van der Waals surface area (Å²) in [6.07, 6.45) is -1.56. The van der Waals surface area contributed by atoms with Crippen molar-refractivity contribution in [2.24, 2.45) is 5.92 Å². The fourth-order valence-corrected chi connectivity index (χ4v) is 5.12. The molecule has 1 aromatic heterocycles. The highest BCUT2D eigenvalue weighted by Gasteiger charge is 2.33. The number of alkyl halides is 3. The van der Waals surface area contributed by atoms with Crippen LogP contribution in [0.1, 0.15) is 58.9 Å². The summed E-state index contributed by atoms with van der Waals surface area (Å²) >= 11 is 0. The molecule has 1 unspecified atom stereocenters. The second kappa shape index (κ2) is 10.6. The molecule has 0 spiro atoms. The van der Waals surface area contributed by atoms with Crippen molar-refractivity contribution in [3.05, 3.63) is 63.1 Å². The third-order valence-corrected chi connectivity index (χ3v) is 7.13. The van der Waals surface area contributed by atoms with Gasteiger partial charge < -0.3 is 24.8 Å². The molecule has 10 heteroatoms. The zero-order valence-electron chi connectivity index (χ0n) is 20.8. The van der Waals surface area contributed by atoms with Gasteiger partial charge in [-0.1, -0.05) is 12.1 Å². The number of carbonyl (C=O) groups excluding carboxylic acids is 1. The van der Waals surface area contributed by atoms with Crippen LogP contribution in [0.25, 0.3) is 0 Å². The Hall–Kier alpha value is -2.85. The number of pyridine rings is 1. The van der Waals surface area contributed by atoms with Crippen LogP contribution in [0.4, 0.5) is 18.9 Å². The van der Waals surface area contributed by atoms with Crippen LogP contribution in [-0.4, -0.2) is 55.3 Å². The lowest BCUT2D eigenvalue weighted by molar-refractivity contribution is -0.138. The molecule has 0 saturated carbocycles. The molecular formula is C26H33F3N4O3. The number of carbonyl (C=O) groups is 1. The van der Waals surface area contributed by atoms with Gasteiger partial charge in [-0.25, -0.2) is 0 Å². The molecule has 2 saturated heterocycles. The minimum atomic E-state index is -4.48. The minimum absolute atomic E-state index is 0.0738. The number of anilines is 1. The van der Waals surface area contributed by atoms with E-state index in [1.807, 2.05) is 7.05 Å². The van der Waals surface area contributed by atoms with E-state index in [0.717, 1.165) is 19.2 Å². The van der Waals surface area contributed by atoms with Crippen molar-refractivity contribution in [1.29, 1.82) is 0 Å². The molecule has 1 aromatic carbocycles. The van der Waals surface area contributed by atoms with Crippen molar-refractivity contribution >= 4 is 11.6 Å². The molecule has 0 aliphatic carbocycles. The average Bonchev–Trinajstić information content (AvgIpc) is 2.81. The SMILES string of the molecule is Cc1c(C(C)NC(=O)c2cn(C3CCOCC3)c(=O)cc2NCC2CN(C)C2)cccc1C(F)(F)F. The van der Waals surface area contributed by atoms with Gasteiger partial charge in [0.15, 0.2) is 0 Å². The number of rotatable bonds is 7. The highest BCUT2D eigenvalue weighted by molar-refractivity contribution is 5.99. The van der Waals surface area contributed by atoms with Gasteiger partial charge in [0.2, 0.25) is 0 Å². The van der Waals surface area contributed by atoms with Crippen molar-refractivity contribution in [3.63, 3.8) is 0 Å². The lowest BCUT2D eigenvalue weighted by atomic mass is 9.97. The van der Waals surface area contributed by atoms with E-state index >= 15 is 0 Å². The Morgan fingerprint density at radius 2 is 1.92 bits per heavy atom. The molecule has 2 aromatic rings. The number of likely N-dealkylation sites (tertiary alicyclic amines) is 1. The molecule has 3 heterocycles. The summed E-state index contributed by atoms with van der Waals surface area (Å²) in [6.45, 7) is 6.63. The van der Waals surface area contributed by atoms with Gasteiger partial charge in [-0.2, -0.15) is 13.2 Å². The third-order valence-electron chi connectivity index (χ3n) is 7.13. The molecule has 196 valence electrons. The van der Waals surface area contributed by atoms with Gasteiger partial charge in [0.25, 0.3) is 11.5 Å². The molecule has 4 rings (SSSR count). The quantitative estimate of drug-likeness (QED) is 0.594. The van der Waals surface area contributed by atoms with E-state index in [4.69, 9.17) is 4.74 Å². The minimum Gasteiger partial charge on any atom is -0.384 e. The van der Waals surface area contributed by atoms with Crippen molar-refractivity contribution in [1.82, 2.24) is 14.8 Å². The molecule has 1 atom stereocenters. The number of nitrogens with one attached hydrogen (secondary N) is 2. The molecule has 0 bridgehead atoms. The summed E-state index contributed by atoms with van der Waals surface area (Å²) in [7, 11) is 2.03. The molecule has 2 fully saturated rings. The fourth-order valence-electron chi connectivity index (χ4n) is 5.12. The zero-order valence-corrected chi connectivity index (χ0v) is 20.8. The van der Waals surface area contributed by atoms with E-state index in [0.29, 0.717) is 55.3 Å². The standard InChI is InChI=1S/C26H33F3N4O3/c1-16-20(5-4-6-22(16)26(27,28)29)17(2)31-25(35)21-15-33(19-7-9-36-10-8-19)24(34)11-23(21)30-12-18-13-32(3)14-18/h4-6,11,15,17-19,30H,7-10,12-14H2,1-3H3,(H,31,35). The van der Waals surface area contributed by atoms with Crippen molar-refractivity contribution in [2.75, 3.05) is 45.2 Å². The topological polar surface area (TPSA) is 75.6 Å². The average molecular weight is 507 g/mol. The first-order chi connectivity index (χ1) is 17.0. The van der Waals surface area contributed by atoms with Crippen LogP contribution in [0.3, 0.4) is 0 Å².